The van der Waals surface area contributed by atoms with Crippen LogP contribution in [-0.4, -0.2) is 53.8 Å². The topological polar surface area (TPSA) is 65.8 Å². The molecule has 0 aliphatic carbocycles. The lowest BCUT2D eigenvalue weighted by atomic mass is 10.0. The number of carbonyl (C=O) groups excluding carboxylic acids is 2. The van der Waals surface area contributed by atoms with Gasteiger partial charge >= 0.3 is 0 Å². The molecule has 2 aliphatic heterocycles. The molecule has 2 saturated heterocycles. The lowest BCUT2D eigenvalue weighted by molar-refractivity contribution is -0.139. The standard InChI is InChI=1S/C20H31N3O3/c1-15(2)19(23-12-6-9-18(23)24)20(25)21-14-16(17-8-7-13-26-17)22-10-4-3-5-11-22/h7-8,13,15-16,19H,3-6,9-12,14H2,1-2H3,(H,21,25). The molecule has 2 aliphatic rings. The van der Waals surface area contributed by atoms with E-state index in [9.17, 15) is 9.59 Å². The van der Waals surface area contributed by atoms with Gasteiger partial charge in [0, 0.05) is 19.5 Å². The van der Waals surface area contributed by atoms with Crippen molar-refractivity contribution in [1.82, 2.24) is 15.1 Å². The minimum absolute atomic E-state index is 0.0520. The van der Waals surface area contributed by atoms with Crippen LogP contribution >= 0.6 is 0 Å². The van der Waals surface area contributed by atoms with Gasteiger partial charge in [0.15, 0.2) is 0 Å². The van der Waals surface area contributed by atoms with Gasteiger partial charge in [-0.3, -0.25) is 14.5 Å². The number of furan rings is 1. The summed E-state index contributed by atoms with van der Waals surface area (Å²) in [6.45, 7) is 7.26. The Balaban J connectivity index is 1.67. The number of rotatable bonds is 7. The zero-order valence-corrected chi connectivity index (χ0v) is 15.9. The summed E-state index contributed by atoms with van der Waals surface area (Å²) in [4.78, 5) is 29.2. The van der Waals surface area contributed by atoms with E-state index in [2.05, 4.69) is 10.2 Å². The van der Waals surface area contributed by atoms with Crippen molar-refractivity contribution in [2.75, 3.05) is 26.2 Å². The lowest BCUT2D eigenvalue weighted by Gasteiger charge is -2.35. The Hall–Kier alpha value is -1.82. The predicted octanol–water partition coefficient (Wildman–Crippen LogP) is 2.57. The van der Waals surface area contributed by atoms with E-state index in [1.807, 2.05) is 26.0 Å². The van der Waals surface area contributed by atoms with Gasteiger partial charge in [-0.15, -0.1) is 0 Å². The molecule has 3 rings (SSSR count). The Morgan fingerprint density at radius 2 is 1.96 bits per heavy atom. The Kier molecular flexibility index (Phi) is 6.35. The highest BCUT2D eigenvalue weighted by molar-refractivity contribution is 5.88. The van der Waals surface area contributed by atoms with Gasteiger partial charge in [-0.2, -0.15) is 0 Å². The third kappa shape index (κ3) is 4.29. The Labute approximate surface area is 155 Å². The van der Waals surface area contributed by atoms with Crippen molar-refractivity contribution >= 4 is 11.8 Å². The van der Waals surface area contributed by atoms with Crippen LogP contribution < -0.4 is 5.32 Å². The van der Waals surface area contributed by atoms with E-state index in [-0.39, 0.29) is 29.8 Å². The summed E-state index contributed by atoms with van der Waals surface area (Å²) in [5, 5.41) is 3.11. The van der Waals surface area contributed by atoms with Crippen LogP contribution in [0.15, 0.2) is 22.8 Å². The summed E-state index contributed by atoms with van der Waals surface area (Å²) in [7, 11) is 0. The summed E-state index contributed by atoms with van der Waals surface area (Å²) in [5.74, 6) is 1.03. The molecule has 144 valence electrons. The molecule has 0 radical (unpaired) electrons. The second kappa shape index (κ2) is 8.71. The molecular formula is C20H31N3O3. The number of piperidine rings is 1. The van der Waals surface area contributed by atoms with Gasteiger partial charge in [0.1, 0.15) is 11.8 Å². The first-order valence-corrected chi connectivity index (χ1v) is 9.92. The minimum atomic E-state index is -0.386. The first-order valence-electron chi connectivity index (χ1n) is 9.92. The smallest absolute Gasteiger partial charge is 0.243 e. The minimum Gasteiger partial charge on any atom is -0.468 e. The number of nitrogens with one attached hydrogen (secondary N) is 1. The molecule has 1 aromatic heterocycles. The maximum atomic E-state index is 12.9. The monoisotopic (exact) mass is 361 g/mol. The number of amides is 2. The molecule has 0 spiro atoms. The molecule has 1 N–H and O–H groups in total. The first kappa shape index (κ1) is 19.0. The number of carbonyl (C=O) groups is 2. The Bertz CT molecular complexity index is 593. The van der Waals surface area contributed by atoms with Gasteiger partial charge in [0.05, 0.1) is 12.3 Å². The third-order valence-corrected chi connectivity index (χ3v) is 5.52. The Morgan fingerprint density at radius 3 is 2.54 bits per heavy atom. The average molecular weight is 361 g/mol. The quantitative estimate of drug-likeness (QED) is 0.811. The predicted molar refractivity (Wildman–Crippen MR) is 99.5 cm³/mol. The molecule has 2 unspecified atom stereocenters. The summed E-state index contributed by atoms with van der Waals surface area (Å²) in [5.41, 5.74) is 0. The molecular weight excluding hydrogens is 330 g/mol. The van der Waals surface area contributed by atoms with Gasteiger partial charge in [-0.25, -0.2) is 0 Å². The first-order chi connectivity index (χ1) is 12.6. The van der Waals surface area contributed by atoms with Crippen LogP contribution in [-0.2, 0) is 9.59 Å². The maximum Gasteiger partial charge on any atom is 0.243 e. The van der Waals surface area contributed by atoms with Crippen molar-refractivity contribution in [3.05, 3.63) is 24.2 Å². The van der Waals surface area contributed by atoms with E-state index in [0.717, 1.165) is 25.3 Å². The zero-order valence-electron chi connectivity index (χ0n) is 15.9. The second-order valence-electron chi connectivity index (χ2n) is 7.75. The van der Waals surface area contributed by atoms with Crippen LogP contribution in [0.4, 0.5) is 0 Å². The molecule has 0 bridgehead atoms. The third-order valence-electron chi connectivity index (χ3n) is 5.52. The van der Waals surface area contributed by atoms with E-state index in [4.69, 9.17) is 4.42 Å². The van der Waals surface area contributed by atoms with Crippen LogP contribution in [0.25, 0.3) is 0 Å². The van der Waals surface area contributed by atoms with Crippen LogP contribution in [0.5, 0.6) is 0 Å². The summed E-state index contributed by atoms with van der Waals surface area (Å²) < 4.78 is 5.65. The van der Waals surface area contributed by atoms with E-state index < -0.39 is 0 Å². The molecule has 1 aromatic rings. The second-order valence-corrected chi connectivity index (χ2v) is 7.75. The average Bonchev–Trinajstić information content (AvgIpc) is 3.29. The van der Waals surface area contributed by atoms with Gasteiger partial charge in [0.2, 0.25) is 11.8 Å². The molecule has 2 fully saturated rings. The lowest BCUT2D eigenvalue weighted by Crippen LogP contribution is -2.52. The molecule has 26 heavy (non-hydrogen) atoms. The van der Waals surface area contributed by atoms with Crippen molar-refractivity contribution in [3.8, 4) is 0 Å². The number of hydrogen-bond donors (Lipinski definition) is 1. The molecule has 2 amide bonds. The molecule has 0 aromatic carbocycles. The van der Waals surface area contributed by atoms with Crippen LogP contribution in [0, 0.1) is 5.92 Å². The largest absolute Gasteiger partial charge is 0.468 e. The highest BCUT2D eigenvalue weighted by Gasteiger charge is 2.35. The molecule has 6 heteroatoms. The van der Waals surface area contributed by atoms with E-state index >= 15 is 0 Å². The van der Waals surface area contributed by atoms with Crippen molar-refractivity contribution < 1.29 is 14.0 Å². The molecule has 0 saturated carbocycles. The fraction of sp³-hybridized carbons (Fsp3) is 0.700. The summed E-state index contributed by atoms with van der Waals surface area (Å²) in [6, 6.07) is 3.54. The SMILES string of the molecule is CC(C)C(C(=O)NCC(c1ccco1)N1CCCCC1)N1CCCC1=O. The van der Waals surface area contributed by atoms with E-state index in [1.165, 1.54) is 19.3 Å². The summed E-state index contributed by atoms with van der Waals surface area (Å²) >= 11 is 0. The zero-order chi connectivity index (χ0) is 18.5. The molecule has 3 heterocycles. The Morgan fingerprint density at radius 1 is 1.19 bits per heavy atom. The van der Waals surface area contributed by atoms with Gasteiger partial charge in [0.25, 0.3) is 0 Å². The van der Waals surface area contributed by atoms with Crippen molar-refractivity contribution in [2.45, 2.75) is 58.0 Å². The van der Waals surface area contributed by atoms with Gasteiger partial charge in [-0.1, -0.05) is 20.3 Å². The van der Waals surface area contributed by atoms with Crippen LogP contribution in [0.3, 0.4) is 0 Å². The summed E-state index contributed by atoms with van der Waals surface area (Å²) in [6.07, 6.45) is 6.72. The van der Waals surface area contributed by atoms with E-state index in [1.54, 1.807) is 11.2 Å². The number of hydrogen-bond acceptors (Lipinski definition) is 4. The number of likely N-dealkylation sites (tertiary alicyclic amines) is 2. The molecule has 6 nitrogen and oxygen atoms in total. The fourth-order valence-electron chi connectivity index (χ4n) is 4.19. The highest BCUT2D eigenvalue weighted by Crippen LogP contribution is 2.25. The van der Waals surface area contributed by atoms with Crippen LogP contribution in [0.1, 0.15) is 57.8 Å². The van der Waals surface area contributed by atoms with Gasteiger partial charge in [-0.05, 0) is 50.4 Å². The highest BCUT2D eigenvalue weighted by atomic mass is 16.3. The fourth-order valence-corrected chi connectivity index (χ4v) is 4.19. The maximum absolute atomic E-state index is 12.9. The normalized spacial score (nSPS) is 21.2. The van der Waals surface area contributed by atoms with Crippen molar-refractivity contribution in [1.29, 1.82) is 0 Å². The van der Waals surface area contributed by atoms with Crippen molar-refractivity contribution in [2.24, 2.45) is 5.92 Å². The molecule has 2 atom stereocenters. The van der Waals surface area contributed by atoms with Crippen LogP contribution in [0.2, 0.25) is 0 Å². The number of nitrogens with zero attached hydrogens (tertiary/aromatic N) is 2. The van der Waals surface area contributed by atoms with Crippen molar-refractivity contribution in [3.63, 3.8) is 0 Å². The van der Waals surface area contributed by atoms with Gasteiger partial charge < -0.3 is 14.6 Å². The van der Waals surface area contributed by atoms with E-state index in [0.29, 0.717) is 19.5 Å².